The third-order valence-corrected chi connectivity index (χ3v) is 4.65. The van der Waals surface area contributed by atoms with E-state index in [0.717, 1.165) is 17.2 Å². The summed E-state index contributed by atoms with van der Waals surface area (Å²) in [5.41, 5.74) is 0.793. The van der Waals surface area contributed by atoms with Crippen molar-refractivity contribution in [3.63, 3.8) is 0 Å². The highest BCUT2D eigenvalue weighted by atomic mass is 16.1. The lowest BCUT2D eigenvalue weighted by Crippen LogP contribution is -2.49. The van der Waals surface area contributed by atoms with Gasteiger partial charge in [0.05, 0.1) is 0 Å². The maximum absolute atomic E-state index is 12.2. The van der Waals surface area contributed by atoms with Gasteiger partial charge < -0.3 is 5.23 Å². The Morgan fingerprint density at radius 3 is 2.11 bits per heavy atom. The zero-order chi connectivity index (χ0) is 12.4. The van der Waals surface area contributed by atoms with Gasteiger partial charge in [-0.25, -0.2) is 0 Å². The quantitative estimate of drug-likeness (QED) is 0.788. The highest BCUT2D eigenvalue weighted by Crippen LogP contribution is 2.45. The van der Waals surface area contributed by atoms with Gasteiger partial charge in [0, 0.05) is 5.56 Å². The molecule has 2 nitrogen and oxygen atoms in total. The molecule has 2 saturated heterocycles. The first-order valence-electron chi connectivity index (χ1n) is 7.20. The molecule has 0 unspecified atom stereocenters. The van der Waals surface area contributed by atoms with Crippen LogP contribution < -0.4 is 5.23 Å². The van der Waals surface area contributed by atoms with E-state index in [1.165, 1.54) is 38.5 Å². The third-order valence-electron chi connectivity index (χ3n) is 4.65. The van der Waals surface area contributed by atoms with Crippen molar-refractivity contribution >= 4 is 12.8 Å². The molecule has 18 heavy (non-hydrogen) atoms. The van der Waals surface area contributed by atoms with Crippen molar-refractivity contribution in [1.29, 1.82) is 0 Å². The lowest BCUT2D eigenvalue weighted by molar-refractivity contribution is 0.0976. The van der Waals surface area contributed by atoms with Gasteiger partial charge in [0.15, 0.2) is 0 Å². The fourth-order valence-electron chi connectivity index (χ4n) is 3.74. The monoisotopic (exact) mass is 241 g/mol. The zero-order valence-electron chi connectivity index (χ0n) is 10.8. The Kier molecular flexibility index (Phi) is 3.40. The standard InChI is InChI=1S/C15H20BNO/c18-15(12-6-2-1-3-7-12)17-16-13-8-4-9-14(16)11-5-10-13/h1-3,6-7,13-14H,4-5,8-11H2,(H,17,18). The summed E-state index contributed by atoms with van der Waals surface area (Å²) >= 11 is 0. The Bertz CT molecular complexity index is 398. The van der Waals surface area contributed by atoms with Crippen molar-refractivity contribution in [1.82, 2.24) is 5.23 Å². The van der Waals surface area contributed by atoms with Crippen LogP contribution in [0.2, 0.25) is 11.6 Å². The van der Waals surface area contributed by atoms with Gasteiger partial charge in [-0.15, -0.1) is 0 Å². The maximum Gasteiger partial charge on any atom is 0.261 e. The van der Waals surface area contributed by atoms with Crippen LogP contribution >= 0.6 is 0 Å². The molecule has 94 valence electrons. The molecule has 2 aliphatic rings. The van der Waals surface area contributed by atoms with Crippen LogP contribution in [0.1, 0.15) is 48.9 Å². The molecule has 1 N–H and O–H groups in total. The van der Waals surface area contributed by atoms with Crippen molar-refractivity contribution in [3.8, 4) is 0 Å². The van der Waals surface area contributed by atoms with Crippen LogP contribution in [0.4, 0.5) is 0 Å². The van der Waals surface area contributed by atoms with Crippen LogP contribution in [-0.2, 0) is 0 Å². The number of hydrogen-bond donors (Lipinski definition) is 1. The van der Waals surface area contributed by atoms with Gasteiger partial charge >= 0.3 is 0 Å². The van der Waals surface area contributed by atoms with Gasteiger partial charge in [-0.3, -0.25) is 4.79 Å². The molecule has 2 fully saturated rings. The van der Waals surface area contributed by atoms with Gasteiger partial charge in [0.2, 0.25) is 5.91 Å². The molecule has 0 radical (unpaired) electrons. The van der Waals surface area contributed by atoms with E-state index >= 15 is 0 Å². The van der Waals surface area contributed by atoms with E-state index in [9.17, 15) is 4.79 Å². The van der Waals surface area contributed by atoms with Gasteiger partial charge in [0.1, 0.15) is 0 Å². The lowest BCUT2D eigenvalue weighted by atomic mass is 9.34. The predicted molar refractivity (Wildman–Crippen MR) is 74.9 cm³/mol. The number of nitrogens with one attached hydrogen (secondary N) is 1. The molecule has 1 aromatic rings. The largest absolute Gasteiger partial charge is 0.394 e. The van der Waals surface area contributed by atoms with Gasteiger partial charge in [-0.05, 0) is 23.8 Å². The average molecular weight is 241 g/mol. The minimum absolute atomic E-state index is 0.111. The fraction of sp³-hybridized carbons (Fsp3) is 0.533. The first-order chi connectivity index (χ1) is 8.84. The summed E-state index contributed by atoms with van der Waals surface area (Å²) in [5, 5.41) is 3.30. The number of amides is 1. The molecule has 3 heteroatoms. The Hall–Kier alpha value is -1.25. The lowest BCUT2D eigenvalue weighted by Gasteiger charge is -2.40. The minimum atomic E-state index is 0.111. The summed E-state index contributed by atoms with van der Waals surface area (Å²) in [5.74, 6) is 1.56. The highest BCUT2D eigenvalue weighted by Gasteiger charge is 2.40. The van der Waals surface area contributed by atoms with Crippen LogP contribution in [0.15, 0.2) is 30.3 Å². The molecule has 2 aliphatic heterocycles. The molecular formula is C15H20BNO. The number of carbonyl (C=O) groups is 1. The van der Waals surface area contributed by atoms with E-state index in [4.69, 9.17) is 0 Å². The van der Waals surface area contributed by atoms with Gasteiger partial charge in [-0.2, -0.15) is 0 Å². The smallest absolute Gasteiger partial charge is 0.261 e. The van der Waals surface area contributed by atoms with Crippen LogP contribution in [0.3, 0.4) is 0 Å². The van der Waals surface area contributed by atoms with Gasteiger partial charge in [0.25, 0.3) is 6.85 Å². The molecule has 0 aromatic heterocycles. The topological polar surface area (TPSA) is 29.1 Å². The van der Waals surface area contributed by atoms with E-state index in [0.29, 0.717) is 6.85 Å². The summed E-state index contributed by atoms with van der Waals surface area (Å²) in [6.45, 7) is 0.431. The second kappa shape index (κ2) is 5.17. The van der Waals surface area contributed by atoms with Crippen LogP contribution in [0.25, 0.3) is 0 Å². The van der Waals surface area contributed by atoms with E-state index < -0.39 is 0 Å². The summed E-state index contributed by atoms with van der Waals surface area (Å²) in [6.07, 6.45) is 7.92. The molecule has 2 bridgehead atoms. The molecule has 0 aliphatic carbocycles. The van der Waals surface area contributed by atoms with Crippen molar-refractivity contribution in [2.75, 3.05) is 0 Å². The molecule has 3 rings (SSSR count). The molecule has 0 spiro atoms. The number of carbonyl (C=O) groups excluding carboxylic acids is 1. The Labute approximate surface area is 109 Å². The second-order valence-corrected chi connectivity index (χ2v) is 5.75. The Balaban J connectivity index is 1.70. The highest BCUT2D eigenvalue weighted by molar-refractivity contribution is 6.63. The SMILES string of the molecule is O=C(NB1C2CCCC1CCC2)c1ccccc1. The first kappa shape index (κ1) is 11.8. The number of hydrogen-bond acceptors (Lipinski definition) is 1. The molecule has 0 atom stereocenters. The average Bonchev–Trinajstić information content (AvgIpc) is 2.39. The Morgan fingerprint density at radius 2 is 1.56 bits per heavy atom. The van der Waals surface area contributed by atoms with Crippen molar-refractivity contribution in [3.05, 3.63) is 35.9 Å². The predicted octanol–water partition coefficient (Wildman–Crippen LogP) is 3.52. The molecular weight excluding hydrogens is 221 g/mol. The number of rotatable bonds is 2. The molecule has 1 aromatic carbocycles. The summed E-state index contributed by atoms with van der Waals surface area (Å²) in [6, 6.07) is 9.60. The molecule has 1 amide bonds. The third kappa shape index (κ3) is 2.31. The second-order valence-electron chi connectivity index (χ2n) is 5.75. The van der Waals surface area contributed by atoms with Crippen LogP contribution in [-0.4, -0.2) is 12.8 Å². The van der Waals surface area contributed by atoms with Crippen LogP contribution in [0, 0.1) is 0 Å². The zero-order valence-corrected chi connectivity index (χ0v) is 10.8. The van der Waals surface area contributed by atoms with E-state index in [-0.39, 0.29) is 5.91 Å². The molecule has 0 saturated carbocycles. The summed E-state index contributed by atoms with van der Waals surface area (Å²) in [7, 11) is 0. The summed E-state index contributed by atoms with van der Waals surface area (Å²) in [4.78, 5) is 12.2. The van der Waals surface area contributed by atoms with Crippen LogP contribution in [0.5, 0.6) is 0 Å². The van der Waals surface area contributed by atoms with E-state index in [2.05, 4.69) is 5.23 Å². The minimum Gasteiger partial charge on any atom is -0.394 e. The number of benzene rings is 1. The first-order valence-corrected chi connectivity index (χ1v) is 7.20. The number of fused-ring (bicyclic) bond motifs is 2. The summed E-state index contributed by atoms with van der Waals surface area (Å²) < 4.78 is 0. The van der Waals surface area contributed by atoms with Crippen molar-refractivity contribution < 1.29 is 4.79 Å². The Morgan fingerprint density at radius 1 is 1.00 bits per heavy atom. The molecule has 2 heterocycles. The van der Waals surface area contributed by atoms with Gasteiger partial charge in [-0.1, -0.05) is 56.7 Å². The normalized spacial score (nSPS) is 26.8. The van der Waals surface area contributed by atoms with E-state index in [1.807, 2.05) is 30.3 Å². The maximum atomic E-state index is 12.2. The fourth-order valence-corrected chi connectivity index (χ4v) is 3.74. The van der Waals surface area contributed by atoms with Crippen molar-refractivity contribution in [2.45, 2.75) is 50.2 Å². The van der Waals surface area contributed by atoms with E-state index in [1.54, 1.807) is 0 Å². The van der Waals surface area contributed by atoms with Crippen molar-refractivity contribution in [2.24, 2.45) is 0 Å².